The monoisotopic (exact) mass is 341 g/mol. The molecule has 0 aliphatic heterocycles. The van der Waals surface area contributed by atoms with Crippen LogP contribution in [0.25, 0.3) is 10.8 Å². The molecule has 0 amide bonds. The summed E-state index contributed by atoms with van der Waals surface area (Å²) in [6, 6.07) is 12.2. The minimum absolute atomic E-state index is 0.119. The SMILES string of the molecule is COc1cccc2cc(CC(NC(C)(C)C)C(=O)C(C)(C)C)ccc12. The smallest absolute Gasteiger partial charge is 0.155 e. The molecule has 1 unspecified atom stereocenters. The van der Waals surface area contributed by atoms with Gasteiger partial charge in [0.2, 0.25) is 0 Å². The highest BCUT2D eigenvalue weighted by Crippen LogP contribution is 2.27. The molecule has 2 aromatic carbocycles. The quantitative estimate of drug-likeness (QED) is 0.852. The van der Waals surface area contributed by atoms with Crippen molar-refractivity contribution in [1.82, 2.24) is 5.32 Å². The molecule has 3 heteroatoms. The van der Waals surface area contributed by atoms with Crippen LogP contribution in [0.1, 0.15) is 47.1 Å². The van der Waals surface area contributed by atoms with E-state index >= 15 is 0 Å². The van der Waals surface area contributed by atoms with Gasteiger partial charge in [-0.25, -0.2) is 0 Å². The predicted molar refractivity (Wildman–Crippen MR) is 105 cm³/mol. The van der Waals surface area contributed by atoms with Gasteiger partial charge < -0.3 is 10.1 Å². The van der Waals surface area contributed by atoms with Crippen LogP contribution >= 0.6 is 0 Å². The molecule has 0 heterocycles. The number of hydrogen-bond donors (Lipinski definition) is 1. The fourth-order valence-electron chi connectivity index (χ4n) is 3.10. The molecule has 0 saturated carbocycles. The number of Topliss-reactive ketones (excluding diaryl/α,β-unsaturated/α-hetero) is 1. The van der Waals surface area contributed by atoms with E-state index in [9.17, 15) is 4.79 Å². The van der Waals surface area contributed by atoms with Gasteiger partial charge in [0.15, 0.2) is 5.78 Å². The van der Waals surface area contributed by atoms with Crippen LogP contribution in [0.2, 0.25) is 0 Å². The number of carbonyl (C=O) groups is 1. The van der Waals surface area contributed by atoms with Crippen molar-refractivity contribution < 1.29 is 9.53 Å². The van der Waals surface area contributed by atoms with Crippen LogP contribution in [0.5, 0.6) is 5.75 Å². The van der Waals surface area contributed by atoms with E-state index in [0.717, 1.165) is 22.1 Å². The molecule has 3 nitrogen and oxygen atoms in total. The van der Waals surface area contributed by atoms with Crippen LogP contribution < -0.4 is 10.1 Å². The first-order chi connectivity index (χ1) is 11.5. The van der Waals surface area contributed by atoms with Gasteiger partial charge >= 0.3 is 0 Å². The highest BCUT2D eigenvalue weighted by Gasteiger charge is 2.32. The lowest BCUT2D eigenvalue weighted by Crippen LogP contribution is -2.51. The van der Waals surface area contributed by atoms with Gasteiger partial charge in [-0.15, -0.1) is 0 Å². The molecule has 2 aromatic rings. The van der Waals surface area contributed by atoms with E-state index in [1.165, 1.54) is 0 Å². The molecule has 0 aromatic heterocycles. The molecule has 0 saturated heterocycles. The largest absolute Gasteiger partial charge is 0.496 e. The third-order valence-corrected chi connectivity index (χ3v) is 4.23. The molecule has 1 atom stereocenters. The van der Waals surface area contributed by atoms with Crippen LogP contribution in [0.4, 0.5) is 0 Å². The van der Waals surface area contributed by atoms with Gasteiger partial charge in [-0.1, -0.05) is 51.1 Å². The second kappa shape index (κ2) is 7.17. The summed E-state index contributed by atoms with van der Waals surface area (Å²) in [5, 5.41) is 5.73. The van der Waals surface area contributed by atoms with Crippen molar-refractivity contribution in [2.45, 2.75) is 59.5 Å². The minimum Gasteiger partial charge on any atom is -0.496 e. The van der Waals surface area contributed by atoms with E-state index in [2.05, 4.69) is 50.4 Å². The Morgan fingerprint density at radius 2 is 1.76 bits per heavy atom. The minimum atomic E-state index is -0.372. The number of carbonyl (C=O) groups excluding carboxylic acids is 1. The van der Waals surface area contributed by atoms with E-state index in [-0.39, 0.29) is 22.8 Å². The lowest BCUT2D eigenvalue weighted by molar-refractivity contribution is -0.128. The number of methoxy groups -OCH3 is 1. The summed E-state index contributed by atoms with van der Waals surface area (Å²) >= 11 is 0. The third-order valence-electron chi connectivity index (χ3n) is 4.23. The zero-order valence-electron chi connectivity index (χ0n) is 16.6. The maximum Gasteiger partial charge on any atom is 0.155 e. The highest BCUT2D eigenvalue weighted by atomic mass is 16.5. The summed E-state index contributed by atoms with van der Waals surface area (Å²) in [5.41, 5.74) is 0.661. The fourth-order valence-corrected chi connectivity index (χ4v) is 3.10. The molecule has 0 bridgehead atoms. The lowest BCUT2D eigenvalue weighted by Gasteiger charge is -2.32. The summed E-state index contributed by atoms with van der Waals surface area (Å²) < 4.78 is 5.43. The van der Waals surface area contributed by atoms with Crippen molar-refractivity contribution in [3.63, 3.8) is 0 Å². The number of benzene rings is 2. The maximum atomic E-state index is 12.9. The molecule has 0 aliphatic carbocycles. The second-order valence-corrected chi connectivity index (χ2v) is 8.78. The normalized spacial score (nSPS) is 13.7. The number of ketones is 1. The van der Waals surface area contributed by atoms with Gasteiger partial charge in [0.25, 0.3) is 0 Å². The van der Waals surface area contributed by atoms with E-state index in [1.807, 2.05) is 32.9 Å². The third kappa shape index (κ3) is 5.05. The second-order valence-electron chi connectivity index (χ2n) is 8.78. The number of fused-ring (bicyclic) bond motifs is 1. The summed E-state index contributed by atoms with van der Waals surface area (Å²) in [6.45, 7) is 12.2. The molecular weight excluding hydrogens is 310 g/mol. The Kier molecular flexibility index (Phi) is 5.58. The van der Waals surface area contributed by atoms with Crippen molar-refractivity contribution in [3.8, 4) is 5.75 Å². The molecule has 0 radical (unpaired) electrons. The average Bonchev–Trinajstić information content (AvgIpc) is 2.50. The van der Waals surface area contributed by atoms with E-state index in [1.54, 1.807) is 7.11 Å². The van der Waals surface area contributed by atoms with Gasteiger partial charge in [0.05, 0.1) is 13.2 Å². The van der Waals surface area contributed by atoms with Crippen LogP contribution in [0.15, 0.2) is 36.4 Å². The maximum absolute atomic E-state index is 12.9. The number of ether oxygens (including phenoxy) is 1. The average molecular weight is 341 g/mol. The lowest BCUT2D eigenvalue weighted by atomic mass is 9.83. The number of nitrogens with one attached hydrogen (secondary N) is 1. The predicted octanol–water partition coefficient (Wildman–Crippen LogP) is 4.76. The van der Waals surface area contributed by atoms with Gasteiger partial charge in [0.1, 0.15) is 5.75 Å². The fraction of sp³-hybridized carbons (Fsp3) is 0.500. The topological polar surface area (TPSA) is 38.3 Å². The first kappa shape index (κ1) is 19.5. The summed E-state index contributed by atoms with van der Waals surface area (Å²) in [5.74, 6) is 1.12. The van der Waals surface area contributed by atoms with Crippen molar-refractivity contribution >= 4 is 16.6 Å². The molecule has 25 heavy (non-hydrogen) atoms. The molecular formula is C22H31NO2. The van der Waals surface area contributed by atoms with Gasteiger partial charge in [-0.05, 0) is 44.2 Å². The van der Waals surface area contributed by atoms with Crippen molar-refractivity contribution in [3.05, 3.63) is 42.0 Å². The molecule has 1 N–H and O–H groups in total. The Balaban J connectivity index is 2.35. The Morgan fingerprint density at radius 3 is 2.32 bits per heavy atom. The van der Waals surface area contributed by atoms with Crippen molar-refractivity contribution in [1.29, 1.82) is 0 Å². The molecule has 136 valence electrons. The van der Waals surface area contributed by atoms with Crippen molar-refractivity contribution in [2.24, 2.45) is 5.41 Å². The first-order valence-corrected chi connectivity index (χ1v) is 8.89. The zero-order valence-corrected chi connectivity index (χ0v) is 16.6. The Morgan fingerprint density at radius 1 is 1.08 bits per heavy atom. The van der Waals surface area contributed by atoms with E-state index in [0.29, 0.717) is 6.42 Å². The standard InChI is InChI=1S/C22H31NO2/c1-21(2,3)20(24)18(23-22(4,5)6)14-15-11-12-17-16(13-15)9-8-10-19(17)25-7/h8-13,18,23H,14H2,1-7H3. The molecule has 0 aliphatic rings. The Labute approximate surface area is 151 Å². The van der Waals surface area contributed by atoms with E-state index < -0.39 is 0 Å². The van der Waals surface area contributed by atoms with Gasteiger partial charge in [-0.2, -0.15) is 0 Å². The van der Waals surface area contributed by atoms with Gasteiger partial charge in [-0.3, -0.25) is 4.79 Å². The van der Waals surface area contributed by atoms with Crippen LogP contribution in [0, 0.1) is 5.41 Å². The summed E-state index contributed by atoms with van der Waals surface area (Å²) in [4.78, 5) is 12.9. The summed E-state index contributed by atoms with van der Waals surface area (Å²) in [7, 11) is 1.69. The number of rotatable bonds is 5. The van der Waals surface area contributed by atoms with Crippen LogP contribution in [-0.2, 0) is 11.2 Å². The van der Waals surface area contributed by atoms with Crippen molar-refractivity contribution in [2.75, 3.05) is 7.11 Å². The highest BCUT2D eigenvalue weighted by molar-refractivity contribution is 5.90. The van der Waals surface area contributed by atoms with Gasteiger partial charge in [0, 0.05) is 16.3 Å². The molecule has 0 spiro atoms. The van der Waals surface area contributed by atoms with Crippen LogP contribution in [0.3, 0.4) is 0 Å². The Bertz CT molecular complexity index is 751. The molecule has 0 fully saturated rings. The van der Waals surface area contributed by atoms with Crippen LogP contribution in [-0.4, -0.2) is 24.5 Å². The number of hydrogen-bond acceptors (Lipinski definition) is 3. The first-order valence-electron chi connectivity index (χ1n) is 8.89. The molecule has 2 rings (SSSR count). The zero-order chi connectivity index (χ0) is 18.8. The summed E-state index contributed by atoms with van der Waals surface area (Å²) in [6.07, 6.45) is 0.681. The Hall–Kier alpha value is -1.87. The van der Waals surface area contributed by atoms with E-state index in [4.69, 9.17) is 4.74 Å².